The van der Waals surface area contributed by atoms with Crippen molar-refractivity contribution in [1.29, 1.82) is 5.26 Å². The number of aromatic nitrogens is 1. The first-order valence-electron chi connectivity index (χ1n) is 8.07. The van der Waals surface area contributed by atoms with Gasteiger partial charge in [-0.15, -0.1) is 11.3 Å². The Bertz CT molecular complexity index is 959. The minimum absolute atomic E-state index is 0.101. The summed E-state index contributed by atoms with van der Waals surface area (Å²) in [6, 6.07) is 16.7. The predicted octanol–water partition coefficient (Wildman–Crippen LogP) is 4.26. The van der Waals surface area contributed by atoms with Crippen LogP contribution in [0.5, 0.6) is 5.75 Å². The molecular formula is C20H17N3O2S. The van der Waals surface area contributed by atoms with Crippen LogP contribution in [0.25, 0.3) is 10.6 Å². The predicted molar refractivity (Wildman–Crippen MR) is 102 cm³/mol. The van der Waals surface area contributed by atoms with Crippen molar-refractivity contribution in [2.75, 3.05) is 12.4 Å². The van der Waals surface area contributed by atoms with Crippen molar-refractivity contribution < 1.29 is 9.53 Å². The highest BCUT2D eigenvalue weighted by atomic mass is 32.1. The molecule has 0 saturated carbocycles. The lowest BCUT2D eigenvalue weighted by Gasteiger charge is -2.04. The van der Waals surface area contributed by atoms with Gasteiger partial charge in [0.05, 0.1) is 24.4 Å². The molecule has 6 heteroatoms. The molecule has 0 fully saturated rings. The Hall–Kier alpha value is -3.17. The van der Waals surface area contributed by atoms with Crippen LogP contribution >= 0.6 is 11.3 Å². The third kappa shape index (κ3) is 4.47. The number of methoxy groups -OCH3 is 1. The van der Waals surface area contributed by atoms with Crippen LogP contribution in [0, 0.1) is 11.3 Å². The number of rotatable bonds is 6. The maximum atomic E-state index is 12.1. The van der Waals surface area contributed by atoms with Gasteiger partial charge in [-0.2, -0.15) is 5.26 Å². The van der Waals surface area contributed by atoms with Gasteiger partial charge in [-0.25, -0.2) is 4.98 Å². The molecule has 0 unspecified atom stereocenters. The van der Waals surface area contributed by atoms with Gasteiger partial charge >= 0.3 is 0 Å². The lowest BCUT2D eigenvalue weighted by Crippen LogP contribution is -2.12. The average Bonchev–Trinajstić information content (AvgIpc) is 3.16. The van der Waals surface area contributed by atoms with Crippen molar-refractivity contribution >= 4 is 22.9 Å². The molecule has 0 aliphatic rings. The second-order valence-corrected chi connectivity index (χ2v) is 6.47. The number of ether oxygens (including phenoxy) is 1. The minimum atomic E-state index is -0.101. The summed E-state index contributed by atoms with van der Waals surface area (Å²) in [6.07, 6.45) is 0.891. The molecule has 3 rings (SSSR count). The number of nitrogens with one attached hydrogen (secondary N) is 1. The second kappa shape index (κ2) is 8.28. The van der Waals surface area contributed by atoms with Crippen LogP contribution in [0.2, 0.25) is 0 Å². The molecule has 130 valence electrons. The number of aryl methyl sites for hydroxylation is 1. The zero-order valence-electron chi connectivity index (χ0n) is 14.2. The third-order valence-electron chi connectivity index (χ3n) is 3.75. The highest BCUT2D eigenvalue weighted by molar-refractivity contribution is 7.13. The molecular weight excluding hydrogens is 346 g/mol. The Kier molecular flexibility index (Phi) is 5.62. The fourth-order valence-electron chi connectivity index (χ4n) is 2.44. The van der Waals surface area contributed by atoms with Gasteiger partial charge in [0.1, 0.15) is 10.8 Å². The second-order valence-electron chi connectivity index (χ2n) is 5.62. The molecule has 1 aromatic heterocycles. The molecule has 0 radical (unpaired) electrons. The van der Waals surface area contributed by atoms with Gasteiger partial charge in [-0.05, 0) is 36.8 Å². The molecule has 0 spiro atoms. The molecule has 26 heavy (non-hydrogen) atoms. The first-order chi connectivity index (χ1) is 12.7. The largest absolute Gasteiger partial charge is 0.497 e. The van der Waals surface area contributed by atoms with E-state index in [-0.39, 0.29) is 5.91 Å². The molecule has 0 aliphatic heterocycles. The Labute approximate surface area is 155 Å². The molecule has 5 nitrogen and oxygen atoms in total. The van der Waals surface area contributed by atoms with Crippen molar-refractivity contribution in [3.05, 3.63) is 65.2 Å². The Balaban J connectivity index is 1.59. The number of benzene rings is 2. The van der Waals surface area contributed by atoms with E-state index in [1.54, 1.807) is 42.7 Å². The zero-order chi connectivity index (χ0) is 18.4. The Morgan fingerprint density at radius 3 is 2.92 bits per heavy atom. The summed E-state index contributed by atoms with van der Waals surface area (Å²) in [5.41, 5.74) is 3.03. The van der Waals surface area contributed by atoms with Crippen LogP contribution in [-0.4, -0.2) is 18.0 Å². The molecule has 3 aromatic rings. The smallest absolute Gasteiger partial charge is 0.224 e. The van der Waals surface area contributed by atoms with E-state index in [1.165, 1.54) is 0 Å². The summed E-state index contributed by atoms with van der Waals surface area (Å²) >= 11 is 1.55. The number of thiazole rings is 1. The van der Waals surface area contributed by atoms with Crippen LogP contribution in [0.15, 0.2) is 53.9 Å². The van der Waals surface area contributed by atoms with Gasteiger partial charge in [-0.3, -0.25) is 4.79 Å². The fraction of sp³-hybridized carbons (Fsp3) is 0.150. The number of anilines is 1. The fourth-order valence-corrected chi connectivity index (χ4v) is 3.29. The number of carbonyl (C=O) groups excluding carboxylic acids is 1. The van der Waals surface area contributed by atoms with E-state index in [0.717, 1.165) is 22.0 Å². The van der Waals surface area contributed by atoms with Crippen molar-refractivity contribution in [3.63, 3.8) is 0 Å². The Morgan fingerprint density at radius 1 is 1.27 bits per heavy atom. The van der Waals surface area contributed by atoms with E-state index >= 15 is 0 Å². The van der Waals surface area contributed by atoms with E-state index in [9.17, 15) is 4.79 Å². The van der Waals surface area contributed by atoms with Crippen molar-refractivity contribution in [2.24, 2.45) is 0 Å². The van der Waals surface area contributed by atoms with Gasteiger partial charge < -0.3 is 10.1 Å². The summed E-state index contributed by atoms with van der Waals surface area (Å²) in [5.74, 6) is 0.689. The molecule has 0 saturated heterocycles. The van der Waals surface area contributed by atoms with Gasteiger partial charge in [0, 0.05) is 23.1 Å². The normalized spacial score (nSPS) is 10.2. The van der Waals surface area contributed by atoms with Gasteiger partial charge in [0.15, 0.2) is 0 Å². The van der Waals surface area contributed by atoms with E-state index in [2.05, 4.69) is 16.4 Å². The molecule has 0 atom stereocenters. The lowest BCUT2D eigenvalue weighted by atomic mass is 10.2. The quantitative estimate of drug-likeness (QED) is 0.710. The first kappa shape index (κ1) is 17.6. The SMILES string of the molecule is COc1cccc(-c2nc(CCC(=O)Nc3cccc(C#N)c3)cs2)c1. The van der Waals surface area contributed by atoms with Gasteiger partial charge in [0.25, 0.3) is 0 Å². The van der Waals surface area contributed by atoms with Crippen LogP contribution in [0.4, 0.5) is 5.69 Å². The monoisotopic (exact) mass is 363 g/mol. The molecule has 0 bridgehead atoms. The van der Waals surface area contributed by atoms with Crippen LogP contribution in [0.1, 0.15) is 17.7 Å². The highest BCUT2D eigenvalue weighted by Gasteiger charge is 2.09. The van der Waals surface area contributed by atoms with E-state index < -0.39 is 0 Å². The van der Waals surface area contributed by atoms with E-state index in [1.807, 2.05) is 29.6 Å². The summed E-state index contributed by atoms with van der Waals surface area (Å²) in [6.45, 7) is 0. The first-order valence-corrected chi connectivity index (χ1v) is 8.95. The van der Waals surface area contributed by atoms with Crippen LogP contribution in [-0.2, 0) is 11.2 Å². The number of hydrogen-bond acceptors (Lipinski definition) is 5. The van der Waals surface area contributed by atoms with Crippen molar-refractivity contribution in [3.8, 4) is 22.4 Å². The summed E-state index contributed by atoms with van der Waals surface area (Å²) in [5, 5.41) is 14.6. The van der Waals surface area contributed by atoms with Gasteiger partial charge in [-0.1, -0.05) is 18.2 Å². The zero-order valence-corrected chi connectivity index (χ0v) is 15.0. The molecule has 2 aromatic carbocycles. The minimum Gasteiger partial charge on any atom is -0.497 e. The van der Waals surface area contributed by atoms with Gasteiger partial charge in [0.2, 0.25) is 5.91 Å². The number of amides is 1. The van der Waals surface area contributed by atoms with E-state index in [4.69, 9.17) is 10.00 Å². The molecule has 1 heterocycles. The highest BCUT2D eigenvalue weighted by Crippen LogP contribution is 2.27. The third-order valence-corrected chi connectivity index (χ3v) is 4.69. The standard InChI is InChI=1S/C20H17N3O2S/c1-25-18-7-3-5-15(11-18)20-23-17(13-26-20)8-9-19(24)22-16-6-2-4-14(10-16)12-21/h2-7,10-11,13H,8-9H2,1H3,(H,22,24). The summed E-state index contributed by atoms with van der Waals surface area (Å²) < 4.78 is 5.24. The number of carbonyl (C=O) groups is 1. The van der Waals surface area contributed by atoms with Crippen LogP contribution < -0.4 is 10.1 Å². The number of nitrogens with zero attached hydrogens (tertiary/aromatic N) is 2. The maximum Gasteiger partial charge on any atom is 0.224 e. The summed E-state index contributed by atoms with van der Waals surface area (Å²) in [7, 11) is 1.64. The Morgan fingerprint density at radius 2 is 2.12 bits per heavy atom. The van der Waals surface area contributed by atoms with Crippen molar-refractivity contribution in [2.45, 2.75) is 12.8 Å². The number of nitriles is 1. The maximum absolute atomic E-state index is 12.1. The number of hydrogen-bond donors (Lipinski definition) is 1. The summed E-state index contributed by atoms with van der Waals surface area (Å²) in [4.78, 5) is 16.7. The topological polar surface area (TPSA) is 75.0 Å². The van der Waals surface area contributed by atoms with Crippen molar-refractivity contribution in [1.82, 2.24) is 4.98 Å². The molecule has 0 aliphatic carbocycles. The van der Waals surface area contributed by atoms with E-state index in [0.29, 0.717) is 24.1 Å². The molecule has 1 amide bonds. The average molecular weight is 363 g/mol. The lowest BCUT2D eigenvalue weighted by molar-refractivity contribution is -0.116. The van der Waals surface area contributed by atoms with Crippen LogP contribution in [0.3, 0.4) is 0 Å². The molecule has 1 N–H and O–H groups in total.